The second-order valence-electron chi connectivity index (χ2n) is 8.93. The summed E-state index contributed by atoms with van der Waals surface area (Å²) in [6.45, 7) is 9.09. The molecule has 1 spiro atoms. The molecule has 2 aliphatic heterocycles. The molecule has 4 rings (SSSR count). The Morgan fingerprint density at radius 3 is 2.50 bits per heavy atom. The lowest BCUT2D eigenvalue weighted by atomic mass is 9.82. The SMILES string of the molecule is CCOC(=O)C(Cc1ccccn1)CN1CCC2(CC1)OC(C)(C)c1ccccc12. The minimum Gasteiger partial charge on any atom is -0.466 e. The van der Waals surface area contributed by atoms with E-state index in [4.69, 9.17) is 9.47 Å². The Labute approximate surface area is 179 Å². The molecule has 0 radical (unpaired) electrons. The molecular weight excluding hydrogens is 376 g/mol. The second kappa shape index (κ2) is 8.48. The van der Waals surface area contributed by atoms with E-state index < -0.39 is 0 Å². The van der Waals surface area contributed by atoms with Gasteiger partial charge in [0.1, 0.15) is 0 Å². The quantitative estimate of drug-likeness (QED) is 0.675. The Morgan fingerprint density at radius 2 is 1.83 bits per heavy atom. The molecule has 1 saturated heterocycles. The van der Waals surface area contributed by atoms with Crippen LogP contribution in [0, 0.1) is 5.92 Å². The van der Waals surface area contributed by atoms with Gasteiger partial charge in [0.25, 0.3) is 0 Å². The van der Waals surface area contributed by atoms with E-state index in [0.717, 1.165) is 31.6 Å². The summed E-state index contributed by atoms with van der Waals surface area (Å²) in [6.07, 6.45) is 4.26. The lowest BCUT2D eigenvalue weighted by Gasteiger charge is -2.41. The van der Waals surface area contributed by atoms with Crippen molar-refractivity contribution < 1.29 is 14.3 Å². The maximum absolute atomic E-state index is 12.6. The zero-order valence-corrected chi connectivity index (χ0v) is 18.3. The number of hydrogen-bond donors (Lipinski definition) is 0. The van der Waals surface area contributed by atoms with E-state index in [-0.39, 0.29) is 23.1 Å². The monoisotopic (exact) mass is 408 g/mol. The van der Waals surface area contributed by atoms with Crippen LogP contribution in [0.1, 0.15) is 50.4 Å². The smallest absolute Gasteiger partial charge is 0.310 e. The predicted molar refractivity (Wildman–Crippen MR) is 116 cm³/mol. The molecule has 0 saturated carbocycles. The number of pyridine rings is 1. The van der Waals surface area contributed by atoms with Crippen molar-refractivity contribution in [1.29, 1.82) is 0 Å². The lowest BCUT2D eigenvalue weighted by Crippen LogP contribution is -2.46. The highest BCUT2D eigenvalue weighted by Crippen LogP contribution is 2.51. The van der Waals surface area contributed by atoms with Crippen LogP contribution in [0.3, 0.4) is 0 Å². The minimum atomic E-state index is -0.259. The Morgan fingerprint density at radius 1 is 1.13 bits per heavy atom. The van der Waals surface area contributed by atoms with Gasteiger partial charge in [0, 0.05) is 37.9 Å². The molecule has 1 unspecified atom stereocenters. The number of fused-ring (bicyclic) bond motifs is 2. The summed E-state index contributed by atoms with van der Waals surface area (Å²) in [7, 11) is 0. The van der Waals surface area contributed by atoms with Crippen molar-refractivity contribution >= 4 is 5.97 Å². The van der Waals surface area contributed by atoms with Crippen LogP contribution in [0.5, 0.6) is 0 Å². The number of hydrogen-bond acceptors (Lipinski definition) is 5. The highest BCUT2D eigenvalue weighted by molar-refractivity contribution is 5.73. The molecule has 0 amide bonds. The largest absolute Gasteiger partial charge is 0.466 e. The van der Waals surface area contributed by atoms with E-state index in [1.54, 1.807) is 6.20 Å². The van der Waals surface area contributed by atoms with Crippen LogP contribution in [0.4, 0.5) is 0 Å². The fourth-order valence-corrected chi connectivity index (χ4v) is 5.04. The van der Waals surface area contributed by atoms with E-state index in [1.165, 1.54) is 11.1 Å². The van der Waals surface area contributed by atoms with Gasteiger partial charge in [-0.15, -0.1) is 0 Å². The first-order valence-corrected chi connectivity index (χ1v) is 11.0. The highest BCUT2D eigenvalue weighted by Gasteiger charge is 2.50. The maximum atomic E-state index is 12.6. The molecule has 2 aliphatic rings. The fourth-order valence-electron chi connectivity index (χ4n) is 5.04. The first-order chi connectivity index (χ1) is 14.4. The van der Waals surface area contributed by atoms with Crippen molar-refractivity contribution in [2.45, 2.75) is 51.2 Å². The number of carbonyl (C=O) groups excluding carboxylic acids is 1. The van der Waals surface area contributed by atoms with Gasteiger partial charge in [-0.1, -0.05) is 30.3 Å². The summed E-state index contributed by atoms with van der Waals surface area (Å²) in [4.78, 5) is 19.4. The van der Waals surface area contributed by atoms with Gasteiger partial charge in [0.2, 0.25) is 0 Å². The molecule has 2 aromatic rings. The van der Waals surface area contributed by atoms with Crippen LogP contribution >= 0.6 is 0 Å². The van der Waals surface area contributed by atoms with Crippen LogP contribution in [0.2, 0.25) is 0 Å². The molecule has 5 nitrogen and oxygen atoms in total. The number of benzene rings is 1. The van der Waals surface area contributed by atoms with Crippen LogP contribution in [-0.2, 0) is 31.9 Å². The van der Waals surface area contributed by atoms with Crippen LogP contribution in [0.25, 0.3) is 0 Å². The van der Waals surface area contributed by atoms with Crippen molar-refractivity contribution in [3.8, 4) is 0 Å². The fraction of sp³-hybridized carbons (Fsp3) is 0.520. The first kappa shape index (κ1) is 21.0. The highest BCUT2D eigenvalue weighted by atomic mass is 16.5. The third-order valence-electron chi connectivity index (χ3n) is 6.46. The summed E-state index contributed by atoms with van der Waals surface area (Å²) >= 11 is 0. The van der Waals surface area contributed by atoms with E-state index in [0.29, 0.717) is 19.6 Å². The second-order valence-corrected chi connectivity index (χ2v) is 8.93. The maximum Gasteiger partial charge on any atom is 0.310 e. The van der Waals surface area contributed by atoms with E-state index >= 15 is 0 Å². The van der Waals surface area contributed by atoms with Crippen molar-refractivity contribution in [3.63, 3.8) is 0 Å². The average molecular weight is 409 g/mol. The molecule has 5 heteroatoms. The average Bonchev–Trinajstić information content (AvgIpc) is 2.97. The summed E-state index contributed by atoms with van der Waals surface area (Å²) in [5.41, 5.74) is 3.10. The van der Waals surface area contributed by atoms with Gasteiger partial charge in [0.15, 0.2) is 0 Å². The van der Waals surface area contributed by atoms with Crippen LogP contribution in [-0.4, -0.2) is 42.1 Å². The van der Waals surface area contributed by atoms with E-state index in [1.807, 2.05) is 25.1 Å². The third-order valence-corrected chi connectivity index (χ3v) is 6.46. The lowest BCUT2D eigenvalue weighted by molar-refractivity contribution is -0.155. The van der Waals surface area contributed by atoms with Crippen LogP contribution < -0.4 is 0 Å². The number of aromatic nitrogens is 1. The Hall–Kier alpha value is -2.24. The zero-order valence-electron chi connectivity index (χ0n) is 18.3. The molecule has 1 atom stereocenters. The molecule has 160 valence electrons. The molecule has 0 aliphatic carbocycles. The number of nitrogens with zero attached hydrogens (tertiary/aromatic N) is 2. The summed E-state index contributed by atoms with van der Waals surface area (Å²) < 4.78 is 12.0. The third kappa shape index (κ3) is 4.14. The number of esters is 1. The van der Waals surface area contributed by atoms with Gasteiger partial charge in [0.05, 0.1) is 23.7 Å². The summed E-state index contributed by atoms with van der Waals surface area (Å²) in [5.74, 6) is -0.339. The molecule has 3 heterocycles. The van der Waals surface area contributed by atoms with E-state index in [2.05, 4.69) is 48.0 Å². The number of carbonyl (C=O) groups is 1. The molecule has 1 aromatic carbocycles. The van der Waals surface area contributed by atoms with E-state index in [9.17, 15) is 4.79 Å². The van der Waals surface area contributed by atoms with Crippen LogP contribution in [0.15, 0.2) is 48.7 Å². The number of ether oxygens (including phenoxy) is 2. The van der Waals surface area contributed by atoms with Gasteiger partial charge in [-0.3, -0.25) is 9.78 Å². The van der Waals surface area contributed by atoms with Gasteiger partial charge in [-0.25, -0.2) is 0 Å². The Bertz CT molecular complexity index is 873. The van der Waals surface area contributed by atoms with Crippen molar-refractivity contribution in [2.24, 2.45) is 5.92 Å². The van der Waals surface area contributed by atoms with Crippen molar-refractivity contribution in [1.82, 2.24) is 9.88 Å². The number of likely N-dealkylation sites (tertiary alicyclic amines) is 1. The Balaban J connectivity index is 1.45. The van der Waals surface area contributed by atoms with Crippen molar-refractivity contribution in [3.05, 3.63) is 65.5 Å². The van der Waals surface area contributed by atoms with Gasteiger partial charge >= 0.3 is 5.97 Å². The normalized spacial score (nSPS) is 20.6. The molecule has 0 bridgehead atoms. The van der Waals surface area contributed by atoms with Gasteiger partial charge < -0.3 is 14.4 Å². The van der Waals surface area contributed by atoms with Gasteiger partial charge in [-0.05, 0) is 56.9 Å². The molecule has 0 N–H and O–H groups in total. The molecule has 1 fully saturated rings. The number of rotatable bonds is 6. The number of piperidine rings is 1. The molecule has 30 heavy (non-hydrogen) atoms. The Kier molecular flexibility index (Phi) is 5.94. The topological polar surface area (TPSA) is 51.7 Å². The van der Waals surface area contributed by atoms with Crippen molar-refractivity contribution in [2.75, 3.05) is 26.2 Å². The summed E-state index contributed by atoms with van der Waals surface area (Å²) in [5, 5.41) is 0. The zero-order chi connectivity index (χ0) is 21.2. The minimum absolute atomic E-state index is 0.132. The molecule has 1 aromatic heterocycles. The predicted octanol–water partition coefficient (Wildman–Crippen LogP) is 4.06. The summed E-state index contributed by atoms with van der Waals surface area (Å²) in [6, 6.07) is 14.5. The first-order valence-electron chi connectivity index (χ1n) is 11.0. The standard InChI is InChI=1S/C25H32N2O3/c1-4-29-23(28)19(17-20-9-7-8-14-26-20)18-27-15-12-25(13-16-27)22-11-6-5-10-21(22)24(2,3)30-25/h5-11,14,19H,4,12-13,15-18H2,1-3H3. The molecular formula is C25H32N2O3. The van der Waals surface area contributed by atoms with Gasteiger partial charge in [-0.2, -0.15) is 0 Å².